The van der Waals surface area contributed by atoms with Crippen LogP contribution in [0.1, 0.15) is 37.8 Å². The number of rotatable bonds is 4. The smallest absolute Gasteiger partial charge is 0.336 e. The van der Waals surface area contributed by atoms with Gasteiger partial charge in [0.05, 0.1) is 16.9 Å². The highest BCUT2D eigenvalue weighted by molar-refractivity contribution is 7.91. The van der Waals surface area contributed by atoms with Crippen LogP contribution in [-0.4, -0.2) is 44.1 Å². The van der Waals surface area contributed by atoms with Crippen LogP contribution in [0.25, 0.3) is 11.0 Å². The number of amides is 1. The van der Waals surface area contributed by atoms with Gasteiger partial charge in [0.1, 0.15) is 22.7 Å². The summed E-state index contributed by atoms with van der Waals surface area (Å²) in [5.74, 6) is 0.591. The van der Waals surface area contributed by atoms with E-state index in [0.29, 0.717) is 40.9 Å². The van der Waals surface area contributed by atoms with Crippen molar-refractivity contribution in [1.29, 1.82) is 0 Å². The average molecular weight is 435 g/mol. The molecule has 2 aliphatic rings. The minimum Gasteiger partial charge on any atom is -0.487 e. The normalized spacial score (nSPS) is 21.6. The Morgan fingerprint density at radius 1 is 1.33 bits per heavy atom. The molecule has 1 fully saturated rings. The summed E-state index contributed by atoms with van der Waals surface area (Å²) in [5, 5.41) is 3.34. The zero-order valence-corrected chi connectivity index (χ0v) is 18.1. The molecule has 1 N–H and O–H groups in total. The van der Waals surface area contributed by atoms with Gasteiger partial charge in [-0.25, -0.2) is 13.2 Å². The maximum absolute atomic E-state index is 12.3. The molecule has 1 aromatic heterocycles. The summed E-state index contributed by atoms with van der Waals surface area (Å²) >= 11 is 0. The molecular formula is C21H25NO7S. The van der Waals surface area contributed by atoms with E-state index in [-0.39, 0.29) is 23.7 Å². The lowest BCUT2D eigenvalue weighted by atomic mass is 9.92. The zero-order valence-electron chi connectivity index (χ0n) is 17.2. The number of aryl methyl sites for hydroxylation is 2. The van der Waals surface area contributed by atoms with E-state index in [1.165, 1.54) is 6.07 Å². The van der Waals surface area contributed by atoms with Crippen molar-refractivity contribution in [2.75, 3.05) is 18.1 Å². The lowest BCUT2D eigenvalue weighted by molar-refractivity contribution is -0.123. The lowest BCUT2D eigenvalue weighted by Crippen LogP contribution is -2.38. The SMILES string of the molecule is Cc1cc(=O)oc2c3c(cc(OCC(=O)N[C@H]4CCS(=O)(=O)C4)c12)OC(C)(C)CC3. The Hall–Kier alpha value is -2.55. The molecule has 1 amide bonds. The van der Waals surface area contributed by atoms with Crippen LogP contribution in [0.5, 0.6) is 11.5 Å². The van der Waals surface area contributed by atoms with Gasteiger partial charge in [0, 0.05) is 23.7 Å². The van der Waals surface area contributed by atoms with E-state index < -0.39 is 27.4 Å². The minimum absolute atomic E-state index is 0.0479. The number of sulfone groups is 1. The van der Waals surface area contributed by atoms with Gasteiger partial charge in [0.25, 0.3) is 5.91 Å². The highest BCUT2D eigenvalue weighted by Gasteiger charge is 2.31. The third kappa shape index (κ3) is 4.16. The first-order valence-electron chi connectivity index (χ1n) is 9.95. The predicted octanol–water partition coefficient (Wildman–Crippen LogP) is 1.89. The van der Waals surface area contributed by atoms with Crippen LogP contribution in [0.15, 0.2) is 21.3 Å². The van der Waals surface area contributed by atoms with Gasteiger partial charge in [0.15, 0.2) is 16.4 Å². The van der Waals surface area contributed by atoms with Crippen LogP contribution in [0.2, 0.25) is 0 Å². The number of ether oxygens (including phenoxy) is 2. The van der Waals surface area contributed by atoms with Crippen molar-refractivity contribution in [3.63, 3.8) is 0 Å². The molecule has 0 saturated carbocycles. The van der Waals surface area contributed by atoms with Gasteiger partial charge in [0.2, 0.25) is 0 Å². The number of carbonyl (C=O) groups is 1. The fourth-order valence-corrected chi connectivity index (χ4v) is 5.73. The number of hydrogen-bond donors (Lipinski definition) is 1. The predicted molar refractivity (Wildman–Crippen MR) is 111 cm³/mol. The van der Waals surface area contributed by atoms with E-state index in [0.717, 1.165) is 12.0 Å². The summed E-state index contributed by atoms with van der Waals surface area (Å²) in [6.45, 7) is 5.47. The van der Waals surface area contributed by atoms with Crippen LogP contribution in [0, 0.1) is 6.92 Å². The van der Waals surface area contributed by atoms with Crippen molar-refractivity contribution in [3.8, 4) is 11.5 Å². The minimum atomic E-state index is -3.08. The molecular weight excluding hydrogens is 410 g/mol. The molecule has 1 saturated heterocycles. The van der Waals surface area contributed by atoms with Crippen LogP contribution in [-0.2, 0) is 21.1 Å². The van der Waals surface area contributed by atoms with Crippen LogP contribution in [0.4, 0.5) is 0 Å². The molecule has 0 radical (unpaired) electrons. The van der Waals surface area contributed by atoms with Gasteiger partial charge in [-0.2, -0.15) is 0 Å². The van der Waals surface area contributed by atoms with Crippen molar-refractivity contribution in [2.45, 2.75) is 51.7 Å². The maximum atomic E-state index is 12.3. The molecule has 0 spiro atoms. The van der Waals surface area contributed by atoms with Crippen molar-refractivity contribution < 1.29 is 27.1 Å². The second kappa shape index (κ2) is 7.30. The molecule has 1 aromatic carbocycles. The maximum Gasteiger partial charge on any atom is 0.336 e. The fourth-order valence-electron chi connectivity index (χ4n) is 4.06. The van der Waals surface area contributed by atoms with E-state index >= 15 is 0 Å². The molecule has 8 nitrogen and oxygen atoms in total. The summed E-state index contributed by atoms with van der Waals surface area (Å²) < 4.78 is 40.5. The molecule has 0 bridgehead atoms. The Morgan fingerprint density at radius 3 is 2.80 bits per heavy atom. The average Bonchev–Trinajstić information content (AvgIpc) is 2.96. The Balaban J connectivity index is 1.62. The van der Waals surface area contributed by atoms with Crippen molar-refractivity contribution in [1.82, 2.24) is 5.32 Å². The number of nitrogens with one attached hydrogen (secondary N) is 1. The monoisotopic (exact) mass is 435 g/mol. The molecule has 9 heteroatoms. The van der Waals surface area contributed by atoms with Gasteiger partial charge in [-0.15, -0.1) is 0 Å². The number of benzene rings is 1. The molecule has 4 rings (SSSR count). The van der Waals surface area contributed by atoms with E-state index in [4.69, 9.17) is 13.9 Å². The topological polar surface area (TPSA) is 112 Å². The van der Waals surface area contributed by atoms with Gasteiger partial charge >= 0.3 is 5.63 Å². The van der Waals surface area contributed by atoms with E-state index in [1.807, 2.05) is 13.8 Å². The lowest BCUT2D eigenvalue weighted by Gasteiger charge is -2.33. The first-order valence-corrected chi connectivity index (χ1v) is 11.8. The molecule has 30 heavy (non-hydrogen) atoms. The molecule has 0 aliphatic carbocycles. The van der Waals surface area contributed by atoms with Crippen molar-refractivity contribution >= 4 is 26.7 Å². The van der Waals surface area contributed by atoms with Crippen LogP contribution in [0.3, 0.4) is 0 Å². The Bertz CT molecular complexity index is 1180. The van der Waals surface area contributed by atoms with Crippen LogP contribution < -0.4 is 20.4 Å². The summed E-state index contributed by atoms with van der Waals surface area (Å²) in [6, 6.07) is 2.73. The number of fused-ring (bicyclic) bond motifs is 3. The molecule has 162 valence electrons. The second-order valence-corrected chi connectivity index (χ2v) is 10.9. The van der Waals surface area contributed by atoms with Crippen LogP contribution >= 0.6 is 0 Å². The van der Waals surface area contributed by atoms with E-state index in [9.17, 15) is 18.0 Å². The fraction of sp³-hybridized carbons (Fsp3) is 0.524. The third-order valence-corrected chi connectivity index (χ3v) is 7.33. The van der Waals surface area contributed by atoms with Gasteiger partial charge in [-0.1, -0.05) is 0 Å². The quantitative estimate of drug-likeness (QED) is 0.730. The van der Waals surface area contributed by atoms with E-state index in [1.54, 1.807) is 13.0 Å². The first kappa shape index (κ1) is 20.7. The molecule has 0 unspecified atom stereocenters. The molecule has 2 aliphatic heterocycles. The van der Waals surface area contributed by atoms with E-state index in [2.05, 4.69) is 5.32 Å². The van der Waals surface area contributed by atoms with Gasteiger partial charge in [-0.3, -0.25) is 4.79 Å². The summed E-state index contributed by atoms with van der Waals surface area (Å²) in [4.78, 5) is 24.3. The summed E-state index contributed by atoms with van der Waals surface area (Å²) in [5.41, 5.74) is 1.10. The highest BCUT2D eigenvalue weighted by atomic mass is 32.2. The number of hydrogen-bond acceptors (Lipinski definition) is 7. The Kier molecular flexibility index (Phi) is 5.04. The third-order valence-electron chi connectivity index (χ3n) is 5.56. The Morgan fingerprint density at radius 2 is 2.10 bits per heavy atom. The zero-order chi connectivity index (χ0) is 21.7. The highest BCUT2D eigenvalue weighted by Crippen LogP contribution is 2.42. The van der Waals surface area contributed by atoms with Crippen molar-refractivity contribution in [2.24, 2.45) is 0 Å². The molecule has 2 aromatic rings. The number of carbonyl (C=O) groups excluding carboxylic acids is 1. The standard InChI is InChI=1S/C21H25NO7S/c1-12-8-18(24)28-20-14-4-6-21(2,3)29-15(14)9-16(19(12)20)27-10-17(23)22-13-5-7-30(25,26)11-13/h8-9,13H,4-7,10-11H2,1-3H3,(H,22,23)/t13-/m0/s1. The Labute approximate surface area is 174 Å². The first-order chi connectivity index (χ1) is 14.0. The van der Waals surface area contributed by atoms with Gasteiger partial charge in [-0.05, 0) is 45.6 Å². The largest absolute Gasteiger partial charge is 0.487 e. The summed E-state index contributed by atoms with van der Waals surface area (Å²) in [7, 11) is -3.08. The molecule has 3 heterocycles. The second-order valence-electron chi connectivity index (χ2n) is 8.62. The summed E-state index contributed by atoms with van der Waals surface area (Å²) in [6.07, 6.45) is 1.88. The van der Waals surface area contributed by atoms with Crippen molar-refractivity contribution in [3.05, 3.63) is 33.7 Å². The van der Waals surface area contributed by atoms with Gasteiger partial charge < -0.3 is 19.2 Å². The molecule has 1 atom stereocenters.